The molecule has 1 fully saturated rings. The summed E-state index contributed by atoms with van der Waals surface area (Å²) in [7, 11) is 0. The van der Waals surface area contributed by atoms with Gasteiger partial charge in [-0.2, -0.15) is 0 Å². The third-order valence-electron chi connectivity index (χ3n) is 3.02. The van der Waals surface area contributed by atoms with E-state index in [4.69, 9.17) is 5.73 Å². The minimum absolute atomic E-state index is 0.634. The molecule has 0 unspecified atom stereocenters. The van der Waals surface area contributed by atoms with E-state index in [-0.39, 0.29) is 0 Å². The average molecular weight is 296 g/mol. The number of aliphatic imine (C=N–C) groups is 1. The lowest BCUT2D eigenvalue weighted by Crippen LogP contribution is -2.40. The second-order valence-electron chi connectivity index (χ2n) is 4.47. The predicted molar refractivity (Wildman–Crippen MR) is 75.6 cm³/mol. The molecule has 0 aromatic heterocycles. The lowest BCUT2D eigenvalue weighted by atomic mass is 10.1. The van der Waals surface area contributed by atoms with Crippen LogP contribution in [0.25, 0.3) is 0 Å². The Bertz CT molecular complexity index is 423. The Balaban J connectivity index is 2.16. The highest BCUT2D eigenvalue weighted by molar-refractivity contribution is 9.10. The standard InChI is InChI=1S/C13H18BrN3/c1-10-5-6-12(11(14)9-10)16-13(15)17-7-3-2-4-8-17/h5-6,9H,2-4,7-8H2,1H3,(H2,15,16). The number of guanidine groups is 1. The number of benzene rings is 1. The fourth-order valence-corrected chi connectivity index (χ4v) is 2.60. The summed E-state index contributed by atoms with van der Waals surface area (Å²) in [5.74, 6) is 0.634. The van der Waals surface area contributed by atoms with Gasteiger partial charge in [-0.15, -0.1) is 0 Å². The molecule has 0 amide bonds. The molecule has 0 spiro atoms. The summed E-state index contributed by atoms with van der Waals surface area (Å²) in [6, 6.07) is 6.10. The van der Waals surface area contributed by atoms with Gasteiger partial charge in [-0.1, -0.05) is 6.07 Å². The Labute approximate surface area is 111 Å². The van der Waals surface area contributed by atoms with Crippen LogP contribution < -0.4 is 5.73 Å². The van der Waals surface area contributed by atoms with Crippen LogP contribution in [-0.2, 0) is 0 Å². The molecule has 0 bridgehead atoms. The van der Waals surface area contributed by atoms with E-state index in [1.807, 2.05) is 12.1 Å². The SMILES string of the molecule is Cc1ccc(N=C(N)N2CCCCC2)c(Br)c1. The lowest BCUT2D eigenvalue weighted by molar-refractivity contribution is 0.339. The topological polar surface area (TPSA) is 41.6 Å². The van der Waals surface area contributed by atoms with E-state index in [9.17, 15) is 0 Å². The van der Waals surface area contributed by atoms with Crippen molar-refractivity contribution in [3.63, 3.8) is 0 Å². The monoisotopic (exact) mass is 295 g/mol. The molecular weight excluding hydrogens is 278 g/mol. The van der Waals surface area contributed by atoms with Gasteiger partial charge in [0.05, 0.1) is 5.69 Å². The van der Waals surface area contributed by atoms with E-state index >= 15 is 0 Å². The summed E-state index contributed by atoms with van der Waals surface area (Å²) in [6.07, 6.45) is 3.73. The van der Waals surface area contributed by atoms with Gasteiger partial charge in [0.25, 0.3) is 0 Å². The van der Waals surface area contributed by atoms with Crippen molar-refractivity contribution in [2.24, 2.45) is 10.7 Å². The number of rotatable bonds is 1. The van der Waals surface area contributed by atoms with Crippen molar-refractivity contribution in [2.45, 2.75) is 26.2 Å². The third kappa shape index (κ3) is 3.22. The summed E-state index contributed by atoms with van der Waals surface area (Å²) in [6.45, 7) is 4.11. The van der Waals surface area contributed by atoms with Crippen molar-refractivity contribution in [3.05, 3.63) is 28.2 Å². The number of hydrogen-bond donors (Lipinski definition) is 1. The lowest BCUT2D eigenvalue weighted by Gasteiger charge is -2.27. The highest BCUT2D eigenvalue weighted by atomic mass is 79.9. The number of hydrogen-bond acceptors (Lipinski definition) is 1. The highest BCUT2D eigenvalue weighted by Gasteiger charge is 2.12. The summed E-state index contributed by atoms with van der Waals surface area (Å²) in [5.41, 5.74) is 8.16. The first-order chi connectivity index (χ1) is 8.16. The molecule has 1 aromatic rings. The van der Waals surface area contributed by atoms with Gasteiger partial charge in [-0.3, -0.25) is 0 Å². The van der Waals surface area contributed by atoms with E-state index in [0.29, 0.717) is 5.96 Å². The van der Waals surface area contributed by atoms with Gasteiger partial charge in [0.15, 0.2) is 5.96 Å². The molecular formula is C13H18BrN3. The van der Waals surface area contributed by atoms with Crippen LogP contribution >= 0.6 is 15.9 Å². The molecule has 0 aliphatic carbocycles. The van der Waals surface area contributed by atoms with Crippen LogP contribution in [0.3, 0.4) is 0 Å². The Morgan fingerprint density at radius 3 is 2.65 bits per heavy atom. The smallest absolute Gasteiger partial charge is 0.196 e. The minimum Gasteiger partial charge on any atom is -0.369 e. The molecule has 92 valence electrons. The molecule has 1 aliphatic rings. The van der Waals surface area contributed by atoms with E-state index < -0.39 is 0 Å². The van der Waals surface area contributed by atoms with Crippen LogP contribution in [0.4, 0.5) is 5.69 Å². The summed E-state index contributed by atoms with van der Waals surface area (Å²) < 4.78 is 0.998. The fourth-order valence-electron chi connectivity index (χ4n) is 2.02. The molecule has 0 radical (unpaired) electrons. The van der Waals surface area contributed by atoms with Gasteiger partial charge in [0.2, 0.25) is 0 Å². The summed E-state index contributed by atoms with van der Waals surface area (Å²) in [4.78, 5) is 6.66. The van der Waals surface area contributed by atoms with E-state index in [2.05, 4.69) is 38.8 Å². The van der Waals surface area contributed by atoms with Crippen LogP contribution in [0.5, 0.6) is 0 Å². The van der Waals surface area contributed by atoms with E-state index in [1.54, 1.807) is 0 Å². The molecule has 0 saturated carbocycles. The first-order valence-corrected chi connectivity index (χ1v) is 6.81. The summed E-state index contributed by atoms with van der Waals surface area (Å²) >= 11 is 3.52. The normalized spacial score (nSPS) is 17.3. The zero-order valence-corrected chi connectivity index (χ0v) is 11.7. The molecule has 1 aliphatic heterocycles. The largest absolute Gasteiger partial charge is 0.369 e. The van der Waals surface area contributed by atoms with Crippen molar-refractivity contribution >= 4 is 27.6 Å². The van der Waals surface area contributed by atoms with Crippen molar-refractivity contribution in [1.29, 1.82) is 0 Å². The number of likely N-dealkylation sites (tertiary alicyclic amines) is 1. The van der Waals surface area contributed by atoms with Crippen molar-refractivity contribution in [3.8, 4) is 0 Å². The maximum atomic E-state index is 6.04. The van der Waals surface area contributed by atoms with Gasteiger partial charge in [0, 0.05) is 17.6 Å². The van der Waals surface area contributed by atoms with Crippen LogP contribution in [0.15, 0.2) is 27.7 Å². The highest BCUT2D eigenvalue weighted by Crippen LogP contribution is 2.26. The Hall–Kier alpha value is -1.03. The number of nitrogens with zero attached hydrogens (tertiary/aromatic N) is 2. The first kappa shape index (κ1) is 12.4. The van der Waals surface area contributed by atoms with Crippen molar-refractivity contribution in [1.82, 2.24) is 4.90 Å². The number of piperidine rings is 1. The van der Waals surface area contributed by atoms with Crippen molar-refractivity contribution in [2.75, 3.05) is 13.1 Å². The molecule has 3 nitrogen and oxygen atoms in total. The molecule has 2 rings (SSSR count). The maximum absolute atomic E-state index is 6.04. The molecule has 2 N–H and O–H groups in total. The molecule has 17 heavy (non-hydrogen) atoms. The van der Waals surface area contributed by atoms with Gasteiger partial charge in [0.1, 0.15) is 0 Å². The average Bonchev–Trinajstić information content (AvgIpc) is 2.34. The predicted octanol–water partition coefficient (Wildman–Crippen LogP) is 3.19. The maximum Gasteiger partial charge on any atom is 0.196 e. The minimum atomic E-state index is 0.634. The molecule has 1 heterocycles. The molecule has 4 heteroatoms. The van der Waals surface area contributed by atoms with Gasteiger partial charge >= 0.3 is 0 Å². The van der Waals surface area contributed by atoms with Crippen LogP contribution in [0, 0.1) is 6.92 Å². The van der Waals surface area contributed by atoms with Gasteiger partial charge in [-0.25, -0.2) is 4.99 Å². The van der Waals surface area contributed by atoms with Gasteiger partial charge < -0.3 is 10.6 Å². The van der Waals surface area contributed by atoms with E-state index in [1.165, 1.54) is 24.8 Å². The zero-order chi connectivity index (χ0) is 12.3. The van der Waals surface area contributed by atoms with Gasteiger partial charge in [-0.05, 0) is 59.8 Å². The number of aryl methyl sites for hydroxylation is 1. The Morgan fingerprint density at radius 2 is 2.00 bits per heavy atom. The second-order valence-corrected chi connectivity index (χ2v) is 5.33. The number of nitrogens with two attached hydrogens (primary N) is 1. The third-order valence-corrected chi connectivity index (χ3v) is 3.65. The molecule has 0 atom stereocenters. The van der Waals surface area contributed by atoms with Crippen LogP contribution in [0.1, 0.15) is 24.8 Å². The van der Waals surface area contributed by atoms with E-state index in [0.717, 1.165) is 23.2 Å². The number of halogens is 1. The summed E-state index contributed by atoms with van der Waals surface area (Å²) in [5, 5.41) is 0. The first-order valence-electron chi connectivity index (χ1n) is 6.02. The molecule has 1 aromatic carbocycles. The zero-order valence-electron chi connectivity index (χ0n) is 10.1. The quantitative estimate of drug-likeness (QED) is 0.639. The van der Waals surface area contributed by atoms with Crippen LogP contribution in [-0.4, -0.2) is 23.9 Å². The second kappa shape index (κ2) is 5.54. The molecule has 1 saturated heterocycles. The Kier molecular flexibility index (Phi) is 4.05. The van der Waals surface area contributed by atoms with Crippen molar-refractivity contribution < 1.29 is 0 Å². The fraction of sp³-hybridized carbons (Fsp3) is 0.462. The van der Waals surface area contributed by atoms with Crippen LogP contribution in [0.2, 0.25) is 0 Å². The Morgan fingerprint density at radius 1 is 1.29 bits per heavy atom.